The van der Waals surface area contributed by atoms with Gasteiger partial charge in [0, 0.05) is 24.3 Å². The third kappa shape index (κ3) is 4.47. The summed E-state index contributed by atoms with van der Waals surface area (Å²) in [5, 5.41) is 11.4. The number of nitrogens with one attached hydrogen (secondary N) is 1. The molecular formula is C20H23N5O. The Balaban J connectivity index is 1.81. The van der Waals surface area contributed by atoms with Gasteiger partial charge in [-0.1, -0.05) is 36.4 Å². The highest BCUT2D eigenvalue weighted by Gasteiger charge is 2.14. The zero-order chi connectivity index (χ0) is 18.4. The monoisotopic (exact) mass is 349 g/mol. The summed E-state index contributed by atoms with van der Waals surface area (Å²) in [5.41, 5.74) is 2.07. The Morgan fingerprint density at radius 2 is 1.88 bits per heavy atom. The summed E-state index contributed by atoms with van der Waals surface area (Å²) in [7, 11) is 1.64. The molecule has 0 aliphatic rings. The van der Waals surface area contributed by atoms with Crippen LogP contribution in [0.3, 0.4) is 0 Å². The van der Waals surface area contributed by atoms with Crippen molar-refractivity contribution in [1.29, 1.82) is 0 Å². The van der Waals surface area contributed by atoms with E-state index in [1.165, 1.54) is 5.56 Å². The maximum absolute atomic E-state index is 5.25. The van der Waals surface area contributed by atoms with Crippen LogP contribution >= 0.6 is 0 Å². The van der Waals surface area contributed by atoms with E-state index in [1.807, 2.05) is 42.5 Å². The molecule has 1 N–H and O–H groups in total. The summed E-state index contributed by atoms with van der Waals surface area (Å²) in [6, 6.07) is 18.2. The van der Waals surface area contributed by atoms with Gasteiger partial charge in [0.05, 0.1) is 13.3 Å². The molecule has 0 aliphatic carbocycles. The van der Waals surface area contributed by atoms with Crippen LogP contribution in [0.5, 0.6) is 5.75 Å². The zero-order valence-electron chi connectivity index (χ0n) is 15.3. The number of benzene rings is 2. The number of ether oxygens (including phenoxy) is 1. The summed E-state index contributed by atoms with van der Waals surface area (Å²) in [6.45, 7) is 5.04. The molecule has 0 bridgehead atoms. The molecule has 0 aliphatic heterocycles. The van der Waals surface area contributed by atoms with Gasteiger partial charge in [-0.2, -0.15) is 10.1 Å². The van der Waals surface area contributed by atoms with Gasteiger partial charge in [0.1, 0.15) is 5.75 Å². The van der Waals surface area contributed by atoms with Crippen molar-refractivity contribution in [2.24, 2.45) is 0 Å². The van der Waals surface area contributed by atoms with Gasteiger partial charge in [0.2, 0.25) is 5.95 Å². The van der Waals surface area contributed by atoms with E-state index in [-0.39, 0.29) is 6.04 Å². The molecule has 3 rings (SSSR count). The summed E-state index contributed by atoms with van der Waals surface area (Å²) < 4.78 is 5.25. The third-order valence-electron chi connectivity index (χ3n) is 3.99. The van der Waals surface area contributed by atoms with Crippen LogP contribution in [-0.2, 0) is 6.54 Å². The smallest absolute Gasteiger partial charge is 0.249 e. The summed E-state index contributed by atoms with van der Waals surface area (Å²) in [6.07, 6.45) is 1.69. The van der Waals surface area contributed by atoms with Crippen molar-refractivity contribution in [2.45, 2.75) is 26.4 Å². The Hall–Kier alpha value is -3.15. The molecule has 0 atom stereocenters. The second-order valence-corrected chi connectivity index (χ2v) is 6.20. The van der Waals surface area contributed by atoms with Crippen LogP contribution in [-0.4, -0.2) is 28.3 Å². The molecule has 0 radical (unpaired) electrons. The number of aromatic nitrogens is 3. The number of nitrogens with zero attached hydrogens (tertiary/aromatic N) is 4. The Labute approximate surface area is 153 Å². The number of rotatable bonds is 7. The van der Waals surface area contributed by atoms with Crippen molar-refractivity contribution in [3.8, 4) is 5.75 Å². The minimum atomic E-state index is 0.275. The van der Waals surface area contributed by atoms with E-state index in [0.717, 1.165) is 23.8 Å². The van der Waals surface area contributed by atoms with E-state index < -0.39 is 0 Å². The van der Waals surface area contributed by atoms with Crippen molar-refractivity contribution < 1.29 is 4.74 Å². The molecule has 0 fully saturated rings. The second-order valence-electron chi connectivity index (χ2n) is 6.20. The SMILES string of the molecule is COc1cccc(Nc2nncc(N(Cc3ccccc3)C(C)C)n2)c1. The highest BCUT2D eigenvalue weighted by atomic mass is 16.5. The molecule has 0 amide bonds. The molecule has 1 heterocycles. The van der Waals surface area contributed by atoms with E-state index >= 15 is 0 Å². The first-order chi connectivity index (χ1) is 12.7. The lowest BCUT2D eigenvalue weighted by atomic mass is 10.2. The largest absolute Gasteiger partial charge is 0.497 e. The topological polar surface area (TPSA) is 63.2 Å². The lowest BCUT2D eigenvalue weighted by Gasteiger charge is -2.27. The molecule has 3 aromatic rings. The Kier molecular flexibility index (Phi) is 5.63. The predicted molar refractivity (Wildman–Crippen MR) is 104 cm³/mol. The van der Waals surface area contributed by atoms with Crippen LogP contribution in [0, 0.1) is 0 Å². The Morgan fingerprint density at radius 1 is 1.08 bits per heavy atom. The van der Waals surface area contributed by atoms with Crippen LogP contribution in [0.25, 0.3) is 0 Å². The first kappa shape index (κ1) is 17.7. The van der Waals surface area contributed by atoms with Crippen LogP contribution in [0.4, 0.5) is 17.5 Å². The van der Waals surface area contributed by atoms with Crippen LogP contribution < -0.4 is 15.0 Å². The van der Waals surface area contributed by atoms with Gasteiger partial charge < -0.3 is 15.0 Å². The molecule has 134 valence electrons. The molecule has 0 saturated carbocycles. The molecule has 0 saturated heterocycles. The lowest BCUT2D eigenvalue weighted by molar-refractivity contribution is 0.415. The summed E-state index contributed by atoms with van der Waals surface area (Å²) >= 11 is 0. The predicted octanol–water partition coefficient (Wildman–Crippen LogP) is 4.04. The fraction of sp³-hybridized carbons (Fsp3) is 0.250. The fourth-order valence-electron chi connectivity index (χ4n) is 2.62. The van der Waals surface area contributed by atoms with Crippen LogP contribution in [0.15, 0.2) is 60.8 Å². The van der Waals surface area contributed by atoms with Crippen LogP contribution in [0.2, 0.25) is 0 Å². The highest BCUT2D eigenvalue weighted by molar-refractivity contribution is 5.56. The van der Waals surface area contributed by atoms with Gasteiger partial charge in [0.25, 0.3) is 0 Å². The first-order valence-corrected chi connectivity index (χ1v) is 8.57. The Morgan fingerprint density at radius 3 is 2.62 bits per heavy atom. The number of methoxy groups -OCH3 is 1. The second kappa shape index (κ2) is 8.29. The molecule has 6 nitrogen and oxygen atoms in total. The van der Waals surface area contributed by atoms with Gasteiger partial charge in [-0.05, 0) is 31.5 Å². The Bertz CT molecular complexity index is 838. The van der Waals surface area contributed by atoms with Gasteiger partial charge in [-0.25, -0.2) is 0 Å². The van der Waals surface area contributed by atoms with Crippen molar-refractivity contribution in [3.63, 3.8) is 0 Å². The molecule has 26 heavy (non-hydrogen) atoms. The van der Waals surface area contributed by atoms with Crippen molar-refractivity contribution in [2.75, 3.05) is 17.3 Å². The average Bonchev–Trinajstić information content (AvgIpc) is 2.67. The average molecular weight is 349 g/mol. The maximum atomic E-state index is 5.25. The van der Waals surface area contributed by atoms with E-state index in [4.69, 9.17) is 4.74 Å². The zero-order valence-corrected chi connectivity index (χ0v) is 15.3. The van der Waals surface area contributed by atoms with Gasteiger partial charge in [-0.15, -0.1) is 5.10 Å². The van der Waals surface area contributed by atoms with Gasteiger partial charge in [0.15, 0.2) is 5.82 Å². The minimum Gasteiger partial charge on any atom is -0.497 e. The standard InChI is InChI=1S/C20H23N5O/c1-15(2)25(14-16-8-5-4-6-9-16)19-13-21-24-20(23-19)22-17-10-7-11-18(12-17)26-3/h4-13,15H,14H2,1-3H3,(H,22,23,24). The van der Waals surface area contributed by atoms with Crippen molar-refractivity contribution in [1.82, 2.24) is 15.2 Å². The normalized spacial score (nSPS) is 10.6. The number of hydrogen-bond donors (Lipinski definition) is 1. The minimum absolute atomic E-state index is 0.275. The van der Waals surface area contributed by atoms with E-state index in [2.05, 4.69) is 51.4 Å². The summed E-state index contributed by atoms with van der Waals surface area (Å²) in [4.78, 5) is 6.84. The van der Waals surface area contributed by atoms with Crippen LogP contribution in [0.1, 0.15) is 19.4 Å². The van der Waals surface area contributed by atoms with Crippen molar-refractivity contribution >= 4 is 17.5 Å². The molecule has 1 aromatic heterocycles. The van der Waals surface area contributed by atoms with E-state index in [9.17, 15) is 0 Å². The number of anilines is 3. The highest BCUT2D eigenvalue weighted by Crippen LogP contribution is 2.22. The lowest BCUT2D eigenvalue weighted by Crippen LogP contribution is -2.31. The van der Waals surface area contributed by atoms with E-state index in [1.54, 1.807) is 13.3 Å². The fourth-order valence-corrected chi connectivity index (χ4v) is 2.62. The van der Waals surface area contributed by atoms with Gasteiger partial charge >= 0.3 is 0 Å². The maximum Gasteiger partial charge on any atom is 0.249 e. The molecule has 6 heteroatoms. The molecular weight excluding hydrogens is 326 g/mol. The molecule has 0 spiro atoms. The molecule has 2 aromatic carbocycles. The van der Waals surface area contributed by atoms with Crippen molar-refractivity contribution in [3.05, 3.63) is 66.4 Å². The quantitative estimate of drug-likeness (QED) is 0.694. The van der Waals surface area contributed by atoms with Gasteiger partial charge in [-0.3, -0.25) is 0 Å². The van der Waals surface area contributed by atoms with E-state index in [0.29, 0.717) is 5.95 Å². The molecule has 0 unspecified atom stereocenters. The number of hydrogen-bond acceptors (Lipinski definition) is 6. The first-order valence-electron chi connectivity index (χ1n) is 8.57. The summed E-state index contributed by atoms with van der Waals surface area (Å²) in [5.74, 6) is 2.01. The third-order valence-corrected chi connectivity index (χ3v) is 3.99.